The molecular weight excluding hydrogens is 431 g/mol. The van der Waals surface area contributed by atoms with Gasteiger partial charge in [-0.25, -0.2) is 0 Å². The molecule has 1 N–H and O–H groups in total. The van der Waals surface area contributed by atoms with E-state index in [4.69, 9.17) is 4.74 Å². The first-order chi connectivity index (χ1) is 15.9. The number of benzene rings is 2. The summed E-state index contributed by atoms with van der Waals surface area (Å²) in [7, 11) is 0. The van der Waals surface area contributed by atoms with Gasteiger partial charge in [0.2, 0.25) is 5.91 Å². The van der Waals surface area contributed by atoms with Gasteiger partial charge in [-0.2, -0.15) is 13.2 Å². The Morgan fingerprint density at radius 3 is 2.18 bits per heavy atom. The van der Waals surface area contributed by atoms with Crippen LogP contribution in [0.5, 0.6) is 0 Å². The molecule has 8 heteroatoms. The normalized spacial score (nSPS) is 24.6. The van der Waals surface area contributed by atoms with E-state index in [0.29, 0.717) is 19.7 Å². The number of hydrogen-bond acceptors (Lipinski definition) is 4. The molecule has 0 radical (unpaired) electrons. The minimum Gasteiger partial charge on any atom is -0.374 e. The fraction of sp³-hybridized carbons (Fsp3) is 0.480. The zero-order valence-electron chi connectivity index (χ0n) is 18.6. The number of likely N-dealkylation sites (tertiary alicyclic amines) is 1. The van der Waals surface area contributed by atoms with Crippen LogP contribution < -0.4 is 5.32 Å². The van der Waals surface area contributed by atoms with Crippen LogP contribution in [0.3, 0.4) is 0 Å². The number of amides is 1. The predicted octanol–water partition coefficient (Wildman–Crippen LogP) is 3.46. The summed E-state index contributed by atoms with van der Waals surface area (Å²) in [5.41, 5.74) is -0.284. The van der Waals surface area contributed by atoms with Gasteiger partial charge in [-0.3, -0.25) is 14.6 Å². The molecule has 33 heavy (non-hydrogen) atoms. The smallest absolute Gasteiger partial charge is 0.374 e. The van der Waals surface area contributed by atoms with Crippen LogP contribution in [0.15, 0.2) is 60.7 Å². The van der Waals surface area contributed by atoms with Crippen LogP contribution in [-0.2, 0) is 22.6 Å². The highest BCUT2D eigenvalue weighted by Gasteiger charge is 2.62. The van der Waals surface area contributed by atoms with Gasteiger partial charge in [-0.05, 0) is 24.1 Å². The van der Waals surface area contributed by atoms with E-state index in [-0.39, 0.29) is 32.2 Å². The molecule has 2 aliphatic rings. The lowest BCUT2D eigenvalue weighted by Crippen LogP contribution is -2.55. The number of carbonyl (C=O) groups excluding carboxylic acids is 1. The van der Waals surface area contributed by atoms with Gasteiger partial charge in [0.05, 0.1) is 12.7 Å². The van der Waals surface area contributed by atoms with Crippen LogP contribution in [0, 0.1) is 5.41 Å². The molecule has 2 aliphatic heterocycles. The molecule has 2 aromatic rings. The molecule has 178 valence electrons. The topological polar surface area (TPSA) is 44.8 Å². The molecule has 1 amide bonds. The number of nitrogens with zero attached hydrogens (tertiary/aromatic N) is 2. The maximum atomic E-state index is 14.1. The van der Waals surface area contributed by atoms with Crippen molar-refractivity contribution in [2.45, 2.75) is 31.8 Å². The second-order valence-electron chi connectivity index (χ2n) is 8.95. The van der Waals surface area contributed by atoms with E-state index in [0.717, 1.165) is 18.7 Å². The first kappa shape index (κ1) is 23.7. The van der Waals surface area contributed by atoms with Crippen LogP contribution in [-0.4, -0.2) is 67.3 Å². The summed E-state index contributed by atoms with van der Waals surface area (Å²) < 4.78 is 48.1. The Labute approximate surface area is 192 Å². The lowest BCUT2D eigenvalue weighted by atomic mass is 9.85. The minimum atomic E-state index is -4.62. The van der Waals surface area contributed by atoms with Gasteiger partial charge in [0.15, 0.2) is 5.41 Å². The molecule has 0 aliphatic carbocycles. The molecule has 0 saturated carbocycles. The third-order valence-corrected chi connectivity index (χ3v) is 6.54. The Hall–Kier alpha value is -2.42. The molecule has 2 aromatic carbocycles. The Bertz CT molecular complexity index is 910. The number of nitrogens with one attached hydrogen (secondary N) is 1. The Morgan fingerprint density at radius 2 is 1.58 bits per heavy atom. The van der Waals surface area contributed by atoms with Crippen molar-refractivity contribution < 1.29 is 22.7 Å². The summed E-state index contributed by atoms with van der Waals surface area (Å²) in [4.78, 5) is 16.8. The van der Waals surface area contributed by atoms with Gasteiger partial charge >= 0.3 is 6.18 Å². The number of alkyl halides is 3. The molecule has 0 spiro atoms. The van der Waals surface area contributed by atoms with Crippen LogP contribution >= 0.6 is 0 Å². The zero-order chi connectivity index (χ0) is 23.3. The number of rotatable bonds is 7. The van der Waals surface area contributed by atoms with Crippen molar-refractivity contribution >= 4 is 5.91 Å². The standard InChI is InChI=1S/C25H30F3N3O2/c26-25(27,28)24(11-12-31(19-24)17-21-9-5-2-6-10-21)23(32)29-15-22-18-30(13-14-33-22)16-20-7-3-1-4-8-20/h1-10,22H,11-19H2,(H,29,32). The highest BCUT2D eigenvalue weighted by atomic mass is 19.4. The van der Waals surface area contributed by atoms with Crippen molar-refractivity contribution in [3.05, 3.63) is 71.8 Å². The lowest BCUT2D eigenvalue weighted by molar-refractivity contribution is -0.218. The van der Waals surface area contributed by atoms with Gasteiger partial charge in [-0.15, -0.1) is 0 Å². The summed E-state index contributed by atoms with van der Waals surface area (Å²) in [5.74, 6) is -0.950. The SMILES string of the molecule is O=C(NCC1CN(Cc2ccccc2)CCO1)C1(C(F)(F)F)CCN(Cc2ccccc2)C1. The average Bonchev–Trinajstić information content (AvgIpc) is 3.24. The quantitative estimate of drug-likeness (QED) is 0.686. The van der Waals surface area contributed by atoms with Crippen molar-refractivity contribution in [3.8, 4) is 0 Å². The summed E-state index contributed by atoms with van der Waals surface area (Å²) in [5, 5.41) is 2.57. The molecule has 4 rings (SSSR count). The van der Waals surface area contributed by atoms with E-state index in [1.54, 1.807) is 4.90 Å². The first-order valence-corrected chi connectivity index (χ1v) is 11.3. The van der Waals surface area contributed by atoms with Crippen LogP contribution in [0.25, 0.3) is 0 Å². The average molecular weight is 462 g/mol. The fourth-order valence-corrected chi connectivity index (χ4v) is 4.68. The highest BCUT2D eigenvalue weighted by molar-refractivity contribution is 5.84. The predicted molar refractivity (Wildman–Crippen MR) is 119 cm³/mol. The minimum absolute atomic E-state index is 0.0701. The van der Waals surface area contributed by atoms with Gasteiger partial charge in [0.1, 0.15) is 0 Å². The van der Waals surface area contributed by atoms with Crippen molar-refractivity contribution in [2.75, 3.05) is 39.3 Å². The van der Waals surface area contributed by atoms with E-state index in [1.165, 1.54) is 5.56 Å². The fourth-order valence-electron chi connectivity index (χ4n) is 4.68. The lowest BCUT2D eigenvalue weighted by Gasteiger charge is -2.35. The third kappa shape index (κ3) is 5.75. The molecule has 2 fully saturated rings. The number of carbonyl (C=O) groups is 1. The Balaban J connectivity index is 1.34. The molecule has 2 atom stereocenters. The summed E-state index contributed by atoms with van der Waals surface area (Å²) in [6, 6.07) is 19.4. The first-order valence-electron chi connectivity index (χ1n) is 11.3. The van der Waals surface area contributed by atoms with Gasteiger partial charge in [0, 0.05) is 39.3 Å². The van der Waals surface area contributed by atoms with Crippen LogP contribution in [0.4, 0.5) is 13.2 Å². The largest absolute Gasteiger partial charge is 0.404 e. The maximum Gasteiger partial charge on any atom is 0.404 e. The zero-order valence-corrected chi connectivity index (χ0v) is 18.6. The third-order valence-electron chi connectivity index (χ3n) is 6.54. The maximum absolute atomic E-state index is 14.1. The molecule has 2 unspecified atom stereocenters. The molecule has 2 heterocycles. The van der Waals surface area contributed by atoms with Crippen molar-refractivity contribution in [1.29, 1.82) is 0 Å². The molecule has 0 bridgehead atoms. The summed E-state index contributed by atoms with van der Waals surface area (Å²) in [6.45, 7) is 2.91. The van der Waals surface area contributed by atoms with E-state index >= 15 is 0 Å². The van der Waals surface area contributed by atoms with E-state index in [2.05, 4.69) is 10.2 Å². The molecular formula is C25H30F3N3O2. The second kappa shape index (κ2) is 10.2. The summed E-state index contributed by atoms with van der Waals surface area (Å²) >= 11 is 0. The molecule has 5 nitrogen and oxygen atoms in total. The molecule has 0 aromatic heterocycles. The monoisotopic (exact) mass is 461 g/mol. The number of halogens is 3. The van der Waals surface area contributed by atoms with Crippen molar-refractivity contribution in [1.82, 2.24) is 15.1 Å². The van der Waals surface area contributed by atoms with Crippen LogP contribution in [0.2, 0.25) is 0 Å². The van der Waals surface area contributed by atoms with E-state index < -0.39 is 17.5 Å². The van der Waals surface area contributed by atoms with E-state index in [1.807, 2.05) is 60.7 Å². The summed E-state index contributed by atoms with van der Waals surface area (Å²) in [6.07, 6.45) is -5.19. The number of hydrogen-bond donors (Lipinski definition) is 1. The van der Waals surface area contributed by atoms with Gasteiger partial charge in [-0.1, -0.05) is 60.7 Å². The Kier molecular flexibility index (Phi) is 7.36. The number of ether oxygens (including phenoxy) is 1. The van der Waals surface area contributed by atoms with Gasteiger partial charge < -0.3 is 10.1 Å². The Morgan fingerprint density at radius 1 is 0.970 bits per heavy atom. The molecule has 2 saturated heterocycles. The van der Waals surface area contributed by atoms with Crippen LogP contribution in [0.1, 0.15) is 17.5 Å². The second-order valence-corrected chi connectivity index (χ2v) is 8.95. The number of morpholine rings is 1. The highest BCUT2D eigenvalue weighted by Crippen LogP contribution is 2.46. The van der Waals surface area contributed by atoms with E-state index in [9.17, 15) is 18.0 Å². The van der Waals surface area contributed by atoms with Gasteiger partial charge in [0.25, 0.3) is 0 Å². The van der Waals surface area contributed by atoms with Crippen molar-refractivity contribution in [2.24, 2.45) is 5.41 Å². The van der Waals surface area contributed by atoms with Crippen molar-refractivity contribution in [3.63, 3.8) is 0 Å².